The Bertz CT molecular complexity index is 164. The Hall–Kier alpha value is -0.530. The molecule has 2 N–H and O–H groups in total. The van der Waals surface area contributed by atoms with Crippen LogP contribution in [0.5, 0.6) is 0 Å². The van der Waals surface area contributed by atoms with E-state index in [2.05, 4.69) is 6.92 Å². The molecule has 84 valence electrons. The zero-order chi connectivity index (χ0) is 11.2. The molecular weight excluding hydrogens is 174 g/mol. The van der Waals surface area contributed by atoms with Gasteiger partial charge in [0.2, 0.25) is 5.91 Å². The topological polar surface area (TPSA) is 43.1 Å². The highest BCUT2D eigenvalue weighted by molar-refractivity contribution is 5.74. The first-order valence-corrected chi connectivity index (χ1v) is 5.59. The van der Waals surface area contributed by atoms with Gasteiger partial charge in [0.05, 0.1) is 0 Å². The molecule has 1 fully saturated rings. The molecular formula is C12H25NO. The Morgan fingerprint density at radius 1 is 1.29 bits per heavy atom. The fourth-order valence-electron chi connectivity index (χ4n) is 1.65. The standard InChI is InChI=1S/C6H13NO.C6H12/c1-6(2,3)4-5(7)8;1-6-4-2-3-5-6/h4H2,1-3H3,(H2,7,8);6H,2-5H2,1H3. The lowest BCUT2D eigenvalue weighted by Crippen LogP contribution is -2.19. The van der Waals surface area contributed by atoms with Crippen molar-refractivity contribution in [1.82, 2.24) is 0 Å². The van der Waals surface area contributed by atoms with Crippen LogP contribution in [-0.2, 0) is 4.79 Å². The van der Waals surface area contributed by atoms with E-state index in [1.807, 2.05) is 20.8 Å². The van der Waals surface area contributed by atoms with E-state index < -0.39 is 0 Å². The van der Waals surface area contributed by atoms with Gasteiger partial charge in [-0.2, -0.15) is 0 Å². The first kappa shape index (κ1) is 13.5. The molecule has 0 aromatic carbocycles. The summed E-state index contributed by atoms with van der Waals surface area (Å²) in [5.41, 5.74) is 4.99. The van der Waals surface area contributed by atoms with Gasteiger partial charge in [0.15, 0.2) is 0 Å². The van der Waals surface area contributed by atoms with E-state index in [0.29, 0.717) is 6.42 Å². The molecule has 1 aliphatic rings. The van der Waals surface area contributed by atoms with E-state index in [1.165, 1.54) is 25.7 Å². The lowest BCUT2D eigenvalue weighted by atomic mass is 9.92. The summed E-state index contributed by atoms with van der Waals surface area (Å²) in [6.07, 6.45) is 6.41. The first-order chi connectivity index (χ1) is 6.31. The van der Waals surface area contributed by atoms with Crippen LogP contribution in [0.3, 0.4) is 0 Å². The highest BCUT2D eigenvalue weighted by Crippen LogP contribution is 2.22. The maximum absolute atomic E-state index is 10.2. The molecule has 1 rings (SSSR count). The summed E-state index contributed by atoms with van der Waals surface area (Å²) >= 11 is 0. The van der Waals surface area contributed by atoms with Crippen molar-refractivity contribution in [2.24, 2.45) is 17.1 Å². The molecule has 2 heteroatoms. The molecule has 0 unspecified atom stereocenters. The van der Waals surface area contributed by atoms with Crippen LogP contribution in [0.2, 0.25) is 0 Å². The minimum Gasteiger partial charge on any atom is -0.370 e. The molecule has 0 aromatic heterocycles. The highest BCUT2D eigenvalue weighted by atomic mass is 16.1. The van der Waals surface area contributed by atoms with E-state index >= 15 is 0 Å². The third-order valence-electron chi connectivity index (χ3n) is 2.35. The maximum Gasteiger partial charge on any atom is 0.217 e. The van der Waals surface area contributed by atoms with E-state index in [1.54, 1.807) is 0 Å². The molecule has 0 aromatic rings. The Balaban J connectivity index is 0.000000249. The van der Waals surface area contributed by atoms with Crippen LogP contribution in [0.4, 0.5) is 0 Å². The maximum atomic E-state index is 10.2. The molecule has 0 radical (unpaired) electrons. The average molecular weight is 199 g/mol. The monoisotopic (exact) mass is 199 g/mol. The van der Waals surface area contributed by atoms with Gasteiger partial charge in [0.25, 0.3) is 0 Å². The summed E-state index contributed by atoms with van der Waals surface area (Å²) in [4.78, 5) is 10.2. The van der Waals surface area contributed by atoms with E-state index in [4.69, 9.17) is 5.73 Å². The van der Waals surface area contributed by atoms with Crippen LogP contribution in [0, 0.1) is 11.3 Å². The molecule has 0 heterocycles. The SMILES string of the molecule is CC(C)(C)CC(N)=O.CC1CCCC1. The van der Waals surface area contributed by atoms with Crippen LogP contribution < -0.4 is 5.73 Å². The number of rotatable bonds is 1. The number of primary amides is 1. The second-order valence-electron chi connectivity index (χ2n) is 5.59. The molecule has 0 bridgehead atoms. The third-order valence-corrected chi connectivity index (χ3v) is 2.35. The largest absolute Gasteiger partial charge is 0.370 e. The van der Waals surface area contributed by atoms with Crippen molar-refractivity contribution in [2.45, 2.75) is 59.8 Å². The number of carbonyl (C=O) groups is 1. The second kappa shape index (κ2) is 6.05. The number of hydrogen-bond acceptors (Lipinski definition) is 1. The van der Waals surface area contributed by atoms with Crippen molar-refractivity contribution in [2.75, 3.05) is 0 Å². The fraction of sp³-hybridized carbons (Fsp3) is 0.917. The third kappa shape index (κ3) is 9.56. The number of carbonyl (C=O) groups excluding carboxylic acids is 1. The van der Waals surface area contributed by atoms with Gasteiger partial charge in [0, 0.05) is 6.42 Å². The van der Waals surface area contributed by atoms with Gasteiger partial charge in [-0.15, -0.1) is 0 Å². The molecule has 1 aliphatic carbocycles. The number of hydrogen-bond donors (Lipinski definition) is 1. The van der Waals surface area contributed by atoms with Crippen LogP contribution >= 0.6 is 0 Å². The Morgan fingerprint density at radius 2 is 1.71 bits per heavy atom. The predicted octanol–water partition coefficient (Wildman–Crippen LogP) is 3.10. The summed E-state index contributed by atoms with van der Waals surface area (Å²) in [7, 11) is 0. The van der Waals surface area contributed by atoms with Crippen molar-refractivity contribution in [3.8, 4) is 0 Å². The second-order valence-corrected chi connectivity index (χ2v) is 5.59. The van der Waals surface area contributed by atoms with Gasteiger partial charge in [0.1, 0.15) is 0 Å². The van der Waals surface area contributed by atoms with E-state index in [9.17, 15) is 4.79 Å². The van der Waals surface area contributed by atoms with Crippen LogP contribution in [0.1, 0.15) is 59.8 Å². The summed E-state index contributed by atoms with van der Waals surface area (Å²) < 4.78 is 0. The van der Waals surface area contributed by atoms with E-state index in [-0.39, 0.29) is 11.3 Å². The first-order valence-electron chi connectivity index (χ1n) is 5.59. The summed E-state index contributed by atoms with van der Waals surface area (Å²) in [6.45, 7) is 8.29. The Kier molecular flexibility index (Phi) is 5.82. The average Bonchev–Trinajstić information content (AvgIpc) is 2.34. The van der Waals surface area contributed by atoms with Crippen molar-refractivity contribution in [1.29, 1.82) is 0 Å². The molecule has 0 spiro atoms. The summed E-state index contributed by atoms with van der Waals surface area (Å²) in [5.74, 6) is 0.822. The van der Waals surface area contributed by atoms with Crippen LogP contribution in [-0.4, -0.2) is 5.91 Å². The predicted molar refractivity (Wildman–Crippen MR) is 60.9 cm³/mol. The zero-order valence-corrected chi connectivity index (χ0v) is 10.1. The van der Waals surface area contributed by atoms with Crippen molar-refractivity contribution < 1.29 is 4.79 Å². The number of nitrogens with two attached hydrogens (primary N) is 1. The minimum atomic E-state index is -0.225. The van der Waals surface area contributed by atoms with Gasteiger partial charge < -0.3 is 5.73 Å². The highest BCUT2D eigenvalue weighted by Gasteiger charge is 2.12. The molecule has 0 atom stereocenters. The Labute approximate surface area is 88.3 Å². The van der Waals surface area contributed by atoms with Gasteiger partial charge in [-0.3, -0.25) is 4.79 Å². The minimum absolute atomic E-state index is 0.0475. The quantitative estimate of drug-likeness (QED) is 0.693. The van der Waals surface area contributed by atoms with Crippen molar-refractivity contribution in [3.63, 3.8) is 0 Å². The van der Waals surface area contributed by atoms with Gasteiger partial charge >= 0.3 is 0 Å². The summed E-state index contributed by atoms with van der Waals surface area (Å²) in [5, 5.41) is 0. The van der Waals surface area contributed by atoms with Crippen molar-refractivity contribution >= 4 is 5.91 Å². The number of amides is 1. The van der Waals surface area contributed by atoms with Crippen LogP contribution in [0.15, 0.2) is 0 Å². The normalized spacial score (nSPS) is 17.4. The zero-order valence-electron chi connectivity index (χ0n) is 10.1. The van der Waals surface area contributed by atoms with Crippen molar-refractivity contribution in [3.05, 3.63) is 0 Å². The lowest BCUT2D eigenvalue weighted by molar-refractivity contribution is -0.119. The smallest absolute Gasteiger partial charge is 0.217 e. The van der Waals surface area contributed by atoms with Gasteiger partial charge in [-0.05, 0) is 11.3 Å². The lowest BCUT2D eigenvalue weighted by Gasteiger charge is -2.13. The van der Waals surface area contributed by atoms with Gasteiger partial charge in [-0.25, -0.2) is 0 Å². The Morgan fingerprint density at radius 3 is 1.79 bits per heavy atom. The summed E-state index contributed by atoms with van der Waals surface area (Å²) in [6, 6.07) is 0. The van der Waals surface area contributed by atoms with Gasteiger partial charge in [-0.1, -0.05) is 53.4 Å². The van der Waals surface area contributed by atoms with Crippen LogP contribution in [0.25, 0.3) is 0 Å². The molecule has 14 heavy (non-hydrogen) atoms. The molecule has 0 aliphatic heterocycles. The van der Waals surface area contributed by atoms with E-state index in [0.717, 1.165) is 5.92 Å². The molecule has 1 saturated carbocycles. The molecule has 2 nitrogen and oxygen atoms in total. The fourth-order valence-corrected chi connectivity index (χ4v) is 1.65. The molecule has 1 amide bonds. The molecule has 0 saturated heterocycles.